The second kappa shape index (κ2) is 10.0. The molecule has 4 rings (SSSR count). The Hall–Kier alpha value is -3.08. The van der Waals surface area contributed by atoms with Gasteiger partial charge in [0.15, 0.2) is 0 Å². The molecule has 0 aliphatic carbocycles. The lowest BCUT2D eigenvalue weighted by molar-refractivity contribution is -0.117. The number of rotatable bonds is 8. The zero-order valence-corrected chi connectivity index (χ0v) is 20.1. The number of aromatic amines is 1. The van der Waals surface area contributed by atoms with Gasteiger partial charge in [-0.25, -0.2) is 13.4 Å². The minimum Gasteiger partial charge on any atom is -0.325 e. The lowest BCUT2D eigenvalue weighted by Crippen LogP contribution is -2.38. The van der Waals surface area contributed by atoms with Gasteiger partial charge in [-0.3, -0.25) is 14.5 Å². The summed E-state index contributed by atoms with van der Waals surface area (Å²) in [6, 6.07) is 13.5. The molecule has 10 heteroatoms. The monoisotopic (exact) mass is 483 g/mol. The van der Waals surface area contributed by atoms with Crippen molar-refractivity contribution < 1.29 is 13.2 Å². The average molecular weight is 484 g/mol. The van der Waals surface area contributed by atoms with Gasteiger partial charge in [-0.05, 0) is 57.0 Å². The van der Waals surface area contributed by atoms with E-state index in [-0.39, 0.29) is 35.5 Å². The van der Waals surface area contributed by atoms with Crippen molar-refractivity contribution >= 4 is 32.5 Å². The van der Waals surface area contributed by atoms with Crippen LogP contribution in [-0.2, 0) is 21.4 Å². The molecule has 0 unspecified atom stereocenters. The fraction of sp³-hybridized carbons (Fsp3) is 0.375. The maximum absolute atomic E-state index is 12.8. The molecule has 1 aromatic heterocycles. The SMILES string of the molecule is CC(C)N(CC(=O)Nc1cccc(S(=O)(=O)N2CCCC2)c1)Cc1nc2ccccc2c(=O)[nH]1. The molecule has 3 aromatic rings. The fourth-order valence-electron chi connectivity index (χ4n) is 4.02. The number of para-hydroxylation sites is 1. The van der Waals surface area contributed by atoms with Gasteiger partial charge in [0.25, 0.3) is 5.56 Å². The highest BCUT2D eigenvalue weighted by molar-refractivity contribution is 7.89. The number of benzene rings is 2. The van der Waals surface area contributed by atoms with Gasteiger partial charge in [0, 0.05) is 24.8 Å². The molecule has 0 atom stereocenters. The zero-order valence-electron chi connectivity index (χ0n) is 19.3. The van der Waals surface area contributed by atoms with Crippen LogP contribution in [0.1, 0.15) is 32.5 Å². The Morgan fingerprint density at radius 3 is 2.62 bits per heavy atom. The van der Waals surface area contributed by atoms with Crippen LogP contribution in [0, 0.1) is 0 Å². The molecule has 1 amide bonds. The average Bonchev–Trinajstić information content (AvgIpc) is 3.35. The summed E-state index contributed by atoms with van der Waals surface area (Å²) in [7, 11) is -3.57. The maximum Gasteiger partial charge on any atom is 0.258 e. The first kappa shape index (κ1) is 24.1. The molecular weight excluding hydrogens is 454 g/mol. The summed E-state index contributed by atoms with van der Waals surface area (Å²) < 4.78 is 27.1. The van der Waals surface area contributed by atoms with Crippen LogP contribution in [0.4, 0.5) is 5.69 Å². The number of hydrogen-bond donors (Lipinski definition) is 2. The smallest absolute Gasteiger partial charge is 0.258 e. The molecule has 1 saturated heterocycles. The predicted octanol–water partition coefficient (Wildman–Crippen LogP) is 2.56. The van der Waals surface area contributed by atoms with Crippen molar-refractivity contribution in [3.8, 4) is 0 Å². The summed E-state index contributed by atoms with van der Waals surface area (Å²) in [6.45, 7) is 5.29. The second-order valence-electron chi connectivity index (χ2n) is 8.72. The molecule has 2 N–H and O–H groups in total. The van der Waals surface area contributed by atoms with E-state index >= 15 is 0 Å². The van der Waals surface area contributed by atoms with Crippen molar-refractivity contribution in [2.45, 2.75) is 44.2 Å². The highest BCUT2D eigenvalue weighted by Crippen LogP contribution is 2.23. The third-order valence-electron chi connectivity index (χ3n) is 5.91. The first-order chi connectivity index (χ1) is 16.2. The molecule has 1 fully saturated rings. The molecule has 2 aromatic carbocycles. The van der Waals surface area contributed by atoms with E-state index in [2.05, 4.69) is 15.3 Å². The van der Waals surface area contributed by atoms with Gasteiger partial charge in [0.1, 0.15) is 5.82 Å². The van der Waals surface area contributed by atoms with Crippen LogP contribution in [0.2, 0.25) is 0 Å². The lowest BCUT2D eigenvalue weighted by Gasteiger charge is -2.25. The normalized spacial score (nSPS) is 14.8. The van der Waals surface area contributed by atoms with E-state index in [0.29, 0.717) is 35.5 Å². The number of aromatic nitrogens is 2. The van der Waals surface area contributed by atoms with E-state index in [0.717, 1.165) is 12.8 Å². The fourth-order valence-corrected chi connectivity index (χ4v) is 5.58. The highest BCUT2D eigenvalue weighted by atomic mass is 32.2. The van der Waals surface area contributed by atoms with Crippen molar-refractivity contribution in [1.29, 1.82) is 0 Å². The summed E-state index contributed by atoms with van der Waals surface area (Å²) in [4.78, 5) is 34.6. The first-order valence-corrected chi connectivity index (χ1v) is 12.8. The molecule has 1 aliphatic rings. The molecule has 1 aliphatic heterocycles. The molecule has 0 saturated carbocycles. The number of sulfonamides is 1. The second-order valence-corrected chi connectivity index (χ2v) is 10.7. The third-order valence-corrected chi connectivity index (χ3v) is 7.81. The van der Waals surface area contributed by atoms with Gasteiger partial charge in [0.05, 0.1) is 28.9 Å². The van der Waals surface area contributed by atoms with E-state index < -0.39 is 10.0 Å². The first-order valence-electron chi connectivity index (χ1n) is 11.4. The predicted molar refractivity (Wildman–Crippen MR) is 131 cm³/mol. The van der Waals surface area contributed by atoms with Gasteiger partial charge < -0.3 is 10.3 Å². The van der Waals surface area contributed by atoms with Crippen LogP contribution in [0.15, 0.2) is 58.2 Å². The quantitative estimate of drug-likeness (QED) is 0.509. The molecule has 0 spiro atoms. The Labute approximate surface area is 198 Å². The Kier molecular flexibility index (Phi) is 7.11. The van der Waals surface area contributed by atoms with Gasteiger partial charge in [0.2, 0.25) is 15.9 Å². The number of fused-ring (bicyclic) bond motifs is 1. The zero-order chi connectivity index (χ0) is 24.3. The number of carbonyl (C=O) groups is 1. The molecular formula is C24H29N5O4S. The Balaban J connectivity index is 1.46. The van der Waals surface area contributed by atoms with Crippen LogP contribution in [0.3, 0.4) is 0 Å². The number of amides is 1. The highest BCUT2D eigenvalue weighted by Gasteiger charge is 2.27. The molecule has 2 heterocycles. The standard InChI is InChI=1S/C24H29N5O4S/c1-17(2)28(15-22-26-21-11-4-3-10-20(21)24(31)27-22)16-23(30)25-18-8-7-9-19(14-18)34(32,33)29-12-5-6-13-29/h3-4,7-11,14,17H,5-6,12-13,15-16H2,1-2H3,(H,25,30)(H,26,27,31). The Bertz CT molecular complexity index is 1350. The number of anilines is 1. The number of carbonyl (C=O) groups excluding carboxylic acids is 1. The van der Waals surface area contributed by atoms with Crippen molar-refractivity contribution in [3.63, 3.8) is 0 Å². The molecule has 180 valence electrons. The summed E-state index contributed by atoms with van der Waals surface area (Å²) >= 11 is 0. The minimum atomic E-state index is -3.57. The van der Waals surface area contributed by atoms with Gasteiger partial charge in [-0.1, -0.05) is 18.2 Å². The van der Waals surface area contributed by atoms with Crippen molar-refractivity contribution in [3.05, 3.63) is 64.7 Å². The Morgan fingerprint density at radius 1 is 1.15 bits per heavy atom. The topological polar surface area (TPSA) is 115 Å². The van der Waals surface area contributed by atoms with Crippen molar-refractivity contribution in [2.75, 3.05) is 25.0 Å². The lowest BCUT2D eigenvalue weighted by atomic mass is 10.2. The van der Waals surface area contributed by atoms with Gasteiger partial charge in [-0.15, -0.1) is 0 Å². The van der Waals surface area contributed by atoms with Crippen molar-refractivity contribution in [1.82, 2.24) is 19.2 Å². The van der Waals surface area contributed by atoms with E-state index in [1.165, 1.54) is 10.4 Å². The summed E-state index contributed by atoms with van der Waals surface area (Å²) in [5, 5.41) is 3.32. The summed E-state index contributed by atoms with van der Waals surface area (Å²) in [5.74, 6) is 0.191. The van der Waals surface area contributed by atoms with Crippen LogP contribution in [0.5, 0.6) is 0 Å². The van der Waals surface area contributed by atoms with Crippen LogP contribution >= 0.6 is 0 Å². The van der Waals surface area contributed by atoms with E-state index in [4.69, 9.17) is 0 Å². The van der Waals surface area contributed by atoms with E-state index in [9.17, 15) is 18.0 Å². The third kappa shape index (κ3) is 5.35. The largest absolute Gasteiger partial charge is 0.325 e. The van der Waals surface area contributed by atoms with Crippen LogP contribution in [-0.4, -0.2) is 59.2 Å². The van der Waals surface area contributed by atoms with Gasteiger partial charge in [-0.2, -0.15) is 4.31 Å². The van der Waals surface area contributed by atoms with Gasteiger partial charge >= 0.3 is 0 Å². The molecule has 0 radical (unpaired) electrons. The molecule has 0 bridgehead atoms. The number of nitrogens with one attached hydrogen (secondary N) is 2. The minimum absolute atomic E-state index is 0.00408. The van der Waals surface area contributed by atoms with Crippen LogP contribution < -0.4 is 10.9 Å². The van der Waals surface area contributed by atoms with E-state index in [1.54, 1.807) is 36.4 Å². The summed E-state index contributed by atoms with van der Waals surface area (Å²) in [6.07, 6.45) is 1.72. The maximum atomic E-state index is 12.8. The summed E-state index contributed by atoms with van der Waals surface area (Å²) in [5.41, 5.74) is 0.807. The van der Waals surface area contributed by atoms with E-state index in [1.807, 2.05) is 24.8 Å². The Morgan fingerprint density at radius 2 is 1.88 bits per heavy atom. The molecule has 34 heavy (non-hydrogen) atoms. The molecule has 9 nitrogen and oxygen atoms in total. The number of nitrogens with zero attached hydrogens (tertiary/aromatic N) is 3. The number of H-pyrrole nitrogens is 1. The van der Waals surface area contributed by atoms with Crippen LogP contribution in [0.25, 0.3) is 10.9 Å². The number of hydrogen-bond acceptors (Lipinski definition) is 6. The van der Waals surface area contributed by atoms with Crippen molar-refractivity contribution in [2.24, 2.45) is 0 Å².